The Bertz CT molecular complexity index is 919. The Kier molecular flexibility index (Phi) is 7.98. The molecule has 158 valence electrons. The van der Waals surface area contributed by atoms with Gasteiger partial charge in [0.1, 0.15) is 11.6 Å². The van der Waals surface area contributed by atoms with Crippen molar-refractivity contribution in [3.8, 4) is 11.8 Å². The predicted octanol–water partition coefficient (Wildman–Crippen LogP) is 2.79. The van der Waals surface area contributed by atoms with Gasteiger partial charge >= 0.3 is 0 Å². The van der Waals surface area contributed by atoms with E-state index in [0.717, 1.165) is 32.4 Å². The van der Waals surface area contributed by atoms with E-state index in [-0.39, 0.29) is 17.8 Å². The number of aromatic nitrogens is 2. The Morgan fingerprint density at radius 2 is 2.23 bits per heavy atom. The molecule has 1 aliphatic heterocycles. The average molecular weight is 410 g/mol. The van der Waals surface area contributed by atoms with Crippen LogP contribution in [0.5, 0.6) is 0 Å². The fourth-order valence-corrected chi connectivity index (χ4v) is 2.79. The highest BCUT2D eigenvalue weighted by atomic mass is 19.1. The number of carbonyl (C=O) groups is 1. The van der Waals surface area contributed by atoms with Gasteiger partial charge in [0.15, 0.2) is 0 Å². The Balaban J connectivity index is 1.56. The van der Waals surface area contributed by atoms with Gasteiger partial charge < -0.3 is 21.3 Å². The standard InChI is InChI=1S/C22H27FN6O/c1-2-11-25-20-16(7-4-3-5-12-26-21(30)19-10-13-24-19)15-27-22(29-20)28-18-9-6-8-17(23)14-18/h6,8-9,14-15,19,24H,2-3,5,10-13H2,1H3,(H,26,30)(H2,25,27,28,29)/t19-/m0/s1. The SMILES string of the molecule is CCCNc1nc(Nc2cccc(F)c2)ncc1C#CCCCNC(=O)[C@@H]1CCN1. The molecule has 1 aromatic carbocycles. The Morgan fingerprint density at radius 1 is 1.37 bits per heavy atom. The maximum atomic E-state index is 13.4. The van der Waals surface area contributed by atoms with Gasteiger partial charge in [-0.1, -0.05) is 24.8 Å². The zero-order valence-electron chi connectivity index (χ0n) is 17.1. The Hall–Kier alpha value is -3.18. The van der Waals surface area contributed by atoms with Crippen LogP contribution in [-0.4, -0.2) is 41.6 Å². The highest BCUT2D eigenvalue weighted by Gasteiger charge is 2.23. The maximum Gasteiger partial charge on any atom is 0.237 e. The van der Waals surface area contributed by atoms with Crippen molar-refractivity contribution in [2.45, 2.75) is 38.6 Å². The van der Waals surface area contributed by atoms with Crippen molar-refractivity contribution in [3.63, 3.8) is 0 Å². The van der Waals surface area contributed by atoms with Crippen LogP contribution in [0.4, 0.5) is 21.8 Å². The zero-order chi connectivity index (χ0) is 21.2. The van der Waals surface area contributed by atoms with E-state index in [4.69, 9.17) is 0 Å². The van der Waals surface area contributed by atoms with E-state index in [0.29, 0.717) is 36.0 Å². The summed E-state index contributed by atoms with van der Waals surface area (Å²) in [7, 11) is 0. The molecule has 1 aliphatic rings. The summed E-state index contributed by atoms with van der Waals surface area (Å²) in [6.07, 6.45) is 4.95. The van der Waals surface area contributed by atoms with Gasteiger partial charge in [0.2, 0.25) is 11.9 Å². The first kappa shape index (κ1) is 21.5. The smallest absolute Gasteiger partial charge is 0.237 e. The first-order valence-corrected chi connectivity index (χ1v) is 10.3. The lowest BCUT2D eigenvalue weighted by Crippen LogP contribution is -2.53. The molecule has 1 aromatic heterocycles. The van der Waals surface area contributed by atoms with Crippen molar-refractivity contribution >= 4 is 23.4 Å². The lowest BCUT2D eigenvalue weighted by molar-refractivity contribution is -0.124. The summed E-state index contributed by atoms with van der Waals surface area (Å²) < 4.78 is 13.4. The van der Waals surface area contributed by atoms with Crippen LogP contribution < -0.4 is 21.3 Å². The van der Waals surface area contributed by atoms with Crippen LogP contribution in [0.3, 0.4) is 0 Å². The van der Waals surface area contributed by atoms with Crippen LogP contribution in [0.15, 0.2) is 30.5 Å². The first-order valence-electron chi connectivity index (χ1n) is 10.3. The number of nitrogens with one attached hydrogen (secondary N) is 4. The molecule has 0 saturated carbocycles. The highest BCUT2D eigenvalue weighted by Crippen LogP contribution is 2.18. The number of benzene rings is 1. The van der Waals surface area contributed by atoms with Gasteiger partial charge in [-0.05, 0) is 44.0 Å². The molecular formula is C22H27FN6O. The van der Waals surface area contributed by atoms with E-state index in [1.165, 1.54) is 12.1 Å². The van der Waals surface area contributed by atoms with Crippen molar-refractivity contribution in [2.24, 2.45) is 0 Å². The fraction of sp³-hybridized carbons (Fsp3) is 0.409. The molecular weight excluding hydrogens is 383 g/mol. The molecule has 0 radical (unpaired) electrons. The summed E-state index contributed by atoms with van der Waals surface area (Å²) >= 11 is 0. The van der Waals surface area contributed by atoms with E-state index in [1.54, 1.807) is 18.3 Å². The predicted molar refractivity (Wildman–Crippen MR) is 116 cm³/mol. The van der Waals surface area contributed by atoms with Crippen molar-refractivity contribution < 1.29 is 9.18 Å². The monoisotopic (exact) mass is 410 g/mol. The normalized spacial score (nSPS) is 14.8. The minimum Gasteiger partial charge on any atom is -0.369 e. The quantitative estimate of drug-likeness (QED) is 0.375. The summed E-state index contributed by atoms with van der Waals surface area (Å²) in [5, 5.41) is 12.3. The topological polar surface area (TPSA) is 91.0 Å². The number of nitrogens with zero attached hydrogens (tertiary/aromatic N) is 2. The third-order valence-electron chi connectivity index (χ3n) is 4.55. The molecule has 2 aromatic rings. The van der Waals surface area contributed by atoms with E-state index >= 15 is 0 Å². The number of carbonyl (C=O) groups excluding carboxylic acids is 1. The van der Waals surface area contributed by atoms with Crippen LogP contribution in [0, 0.1) is 17.7 Å². The van der Waals surface area contributed by atoms with Gasteiger partial charge in [-0.2, -0.15) is 4.98 Å². The largest absolute Gasteiger partial charge is 0.369 e. The summed E-state index contributed by atoms with van der Waals surface area (Å²) in [6.45, 7) is 4.35. The molecule has 0 spiro atoms. The lowest BCUT2D eigenvalue weighted by Gasteiger charge is -2.26. The van der Waals surface area contributed by atoms with Gasteiger partial charge in [0, 0.05) is 25.2 Å². The average Bonchev–Trinajstić information content (AvgIpc) is 2.68. The fourth-order valence-electron chi connectivity index (χ4n) is 2.79. The van der Waals surface area contributed by atoms with Gasteiger partial charge in [-0.25, -0.2) is 9.37 Å². The molecule has 0 bridgehead atoms. The molecule has 3 rings (SSSR count). The molecule has 30 heavy (non-hydrogen) atoms. The first-order chi connectivity index (χ1) is 14.7. The summed E-state index contributed by atoms with van der Waals surface area (Å²) in [6, 6.07) is 6.11. The van der Waals surface area contributed by atoms with E-state index < -0.39 is 0 Å². The number of unbranched alkanes of at least 4 members (excludes halogenated alkanes) is 1. The molecule has 0 unspecified atom stereocenters. The second kappa shape index (κ2) is 11.1. The molecule has 1 amide bonds. The molecule has 1 fully saturated rings. The van der Waals surface area contributed by atoms with Crippen LogP contribution in [0.1, 0.15) is 38.2 Å². The molecule has 8 heteroatoms. The molecule has 1 saturated heterocycles. The van der Waals surface area contributed by atoms with Gasteiger partial charge in [-0.15, -0.1) is 0 Å². The van der Waals surface area contributed by atoms with Gasteiger partial charge in [0.25, 0.3) is 0 Å². The van der Waals surface area contributed by atoms with Gasteiger partial charge in [0.05, 0.1) is 17.8 Å². The Morgan fingerprint density at radius 3 is 2.97 bits per heavy atom. The molecule has 0 aliphatic carbocycles. The van der Waals surface area contributed by atoms with E-state index in [9.17, 15) is 9.18 Å². The molecule has 4 N–H and O–H groups in total. The Labute approximate surface area is 176 Å². The van der Waals surface area contributed by atoms with Crippen LogP contribution in [0.2, 0.25) is 0 Å². The zero-order valence-corrected chi connectivity index (χ0v) is 17.1. The van der Waals surface area contributed by atoms with Crippen LogP contribution in [0.25, 0.3) is 0 Å². The van der Waals surface area contributed by atoms with Crippen molar-refractivity contribution in [3.05, 3.63) is 41.8 Å². The summed E-state index contributed by atoms with van der Waals surface area (Å²) in [5.74, 6) is 6.98. The number of anilines is 3. The minimum absolute atomic E-state index is 0.0278. The number of halogens is 1. The number of hydrogen-bond donors (Lipinski definition) is 4. The third kappa shape index (κ3) is 6.42. The van der Waals surface area contributed by atoms with Crippen molar-refractivity contribution in [1.29, 1.82) is 0 Å². The van der Waals surface area contributed by atoms with E-state index in [1.807, 2.05) is 0 Å². The highest BCUT2D eigenvalue weighted by molar-refractivity contribution is 5.82. The third-order valence-corrected chi connectivity index (χ3v) is 4.55. The maximum absolute atomic E-state index is 13.4. The van der Waals surface area contributed by atoms with Crippen LogP contribution >= 0.6 is 0 Å². The molecule has 2 heterocycles. The van der Waals surface area contributed by atoms with Crippen LogP contribution in [-0.2, 0) is 4.79 Å². The number of rotatable bonds is 9. The number of amides is 1. The molecule has 1 atom stereocenters. The van der Waals surface area contributed by atoms with E-state index in [2.05, 4.69) is 50.0 Å². The summed E-state index contributed by atoms with van der Waals surface area (Å²) in [5.41, 5.74) is 1.28. The number of hydrogen-bond acceptors (Lipinski definition) is 6. The second-order valence-electron chi connectivity index (χ2n) is 7.01. The van der Waals surface area contributed by atoms with Gasteiger partial charge in [-0.3, -0.25) is 4.79 Å². The molecule has 7 nitrogen and oxygen atoms in total. The summed E-state index contributed by atoms with van der Waals surface area (Å²) in [4.78, 5) is 20.5. The second-order valence-corrected chi connectivity index (χ2v) is 7.01. The van der Waals surface area contributed by atoms with Crippen molar-refractivity contribution in [1.82, 2.24) is 20.6 Å². The lowest BCUT2D eigenvalue weighted by atomic mass is 10.1. The van der Waals surface area contributed by atoms with Crippen molar-refractivity contribution in [2.75, 3.05) is 30.3 Å². The minimum atomic E-state index is -0.327.